The average molecular weight is 299 g/mol. The van der Waals surface area contributed by atoms with E-state index < -0.39 is 0 Å². The number of pyridine rings is 1. The molecular weight excluding hydrogens is 284 g/mol. The molecule has 0 radical (unpaired) electrons. The fourth-order valence-electron chi connectivity index (χ4n) is 2.31. The number of para-hydroxylation sites is 1. The Morgan fingerprint density at radius 1 is 1.10 bits per heavy atom. The molecule has 0 spiro atoms. The Hall–Kier alpha value is -2.26. The van der Waals surface area contributed by atoms with Gasteiger partial charge in [0, 0.05) is 27.5 Å². The van der Waals surface area contributed by atoms with E-state index in [-0.39, 0.29) is 0 Å². The molecule has 3 aromatic rings. The first-order valence-electron chi connectivity index (χ1n) is 6.64. The molecule has 0 saturated carbocycles. The number of benzene rings is 2. The summed E-state index contributed by atoms with van der Waals surface area (Å²) in [6.45, 7) is 1.97. The van der Waals surface area contributed by atoms with Crippen molar-refractivity contribution < 1.29 is 4.74 Å². The van der Waals surface area contributed by atoms with Gasteiger partial charge in [-0.1, -0.05) is 23.7 Å². The number of anilines is 2. The van der Waals surface area contributed by atoms with Gasteiger partial charge in [-0.2, -0.15) is 0 Å². The summed E-state index contributed by atoms with van der Waals surface area (Å²) in [7, 11) is 1.66. The monoisotopic (exact) mass is 298 g/mol. The summed E-state index contributed by atoms with van der Waals surface area (Å²) in [5.41, 5.74) is 3.77. The number of methoxy groups -OCH3 is 1. The maximum absolute atomic E-state index is 5.92. The molecule has 1 N–H and O–H groups in total. The second-order valence-electron chi connectivity index (χ2n) is 4.80. The second-order valence-corrected chi connectivity index (χ2v) is 5.24. The number of nitrogens with one attached hydrogen (secondary N) is 1. The lowest BCUT2D eigenvalue weighted by Gasteiger charge is -2.12. The summed E-state index contributed by atoms with van der Waals surface area (Å²) in [5, 5.41) is 5.16. The Bertz CT molecular complexity index is 785. The van der Waals surface area contributed by atoms with Crippen molar-refractivity contribution in [3.05, 3.63) is 59.2 Å². The number of aromatic nitrogens is 1. The fourth-order valence-corrected chi connectivity index (χ4v) is 2.43. The van der Waals surface area contributed by atoms with E-state index in [0.717, 1.165) is 38.7 Å². The van der Waals surface area contributed by atoms with Crippen LogP contribution in [0.25, 0.3) is 10.9 Å². The molecule has 106 valence electrons. The van der Waals surface area contributed by atoms with Crippen molar-refractivity contribution in [2.45, 2.75) is 6.92 Å². The normalized spacial score (nSPS) is 10.6. The van der Waals surface area contributed by atoms with Gasteiger partial charge in [-0.05, 0) is 43.3 Å². The highest BCUT2D eigenvalue weighted by Gasteiger charge is 2.08. The molecule has 0 aliphatic heterocycles. The van der Waals surface area contributed by atoms with Crippen molar-refractivity contribution in [2.24, 2.45) is 0 Å². The first-order chi connectivity index (χ1) is 10.2. The number of hydrogen-bond acceptors (Lipinski definition) is 3. The minimum Gasteiger partial charge on any atom is -0.494 e. The zero-order chi connectivity index (χ0) is 14.8. The minimum absolute atomic E-state index is 0.720. The number of hydrogen-bond donors (Lipinski definition) is 1. The lowest BCUT2D eigenvalue weighted by molar-refractivity contribution is 0.419. The number of halogens is 1. The van der Waals surface area contributed by atoms with Gasteiger partial charge in [0.15, 0.2) is 0 Å². The van der Waals surface area contributed by atoms with Crippen LogP contribution in [-0.2, 0) is 0 Å². The summed E-state index contributed by atoms with van der Waals surface area (Å²) >= 11 is 5.92. The third-order valence-electron chi connectivity index (χ3n) is 3.27. The van der Waals surface area contributed by atoms with Crippen molar-refractivity contribution in [2.75, 3.05) is 12.4 Å². The maximum atomic E-state index is 5.92. The average Bonchev–Trinajstić information content (AvgIpc) is 2.49. The molecule has 4 heteroatoms. The van der Waals surface area contributed by atoms with E-state index >= 15 is 0 Å². The zero-order valence-electron chi connectivity index (χ0n) is 11.9. The summed E-state index contributed by atoms with van der Waals surface area (Å²) < 4.78 is 5.40. The molecule has 21 heavy (non-hydrogen) atoms. The van der Waals surface area contributed by atoms with Crippen LogP contribution < -0.4 is 10.1 Å². The predicted molar refractivity (Wildman–Crippen MR) is 87.8 cm³/mol. The first-order valence-corrected chi connectivity index (χ1v) is 7.02. The number of aryl methyl sites for hydroxylation is 1. The van der Waals surface area contributed by atoms with E-state index in [4.69, 9.17) is 16.3 Å². The van der Waals surface area contributed by atoms with Gasteiger partial charge < -0.3 is 10.1 Å². The first kappa shape index (κ1) is 13.7. The minimum atomic E-state index is 0.720. The molecule has 0 saturated heterocycles. The van der Waals surface area contributed by atoms with Crippen LogP contribution in [0, 0.1) is 6.92 Å². The largest absolute Gasteiger partial charge is 0.494 e. The maximum Gasteiger partial charge on any atom is 0.145 e. The molecular formula is C17H15ClN2O. The number of ether oxygens (including phenoxy) is 1. The van der Waals surface area contributed by atoms with Gasteiger partial charge in [-0.25, -0.2) is 4.98 Å². The highest BCUT2D eigenvalue weighted by atomic mass is 35.5. The van der Waals surface area contributed by atoms with E-state index in [9.17, 15) is 0 Å². The van der Waals surface area contributed by atoms with Crippen LogP contribution >= 0.6 is 11.6 Å². The Balaban J connectivity index is 2.11. The summed E-state index contributed by atoms with van der Waals surface area (Å²) in [5.74, 6) is 0.773. The third-order valence-corrected chi connectivity index (χ3v) is 3.53. The molecule has 0 aliphatic rings. The molecule has 0 aliphatic carbocycles. The molecule has 1 heterocycles. The number of fused-ring (bicyclic) bond motifs is 1. The van der Waals surface area contributed by atoms with Crippen LogP contribution in [0.1, 0.15) is 5.69 Å². The van der Waals surface area contributed by atoms with Gasteiger partial charge in [0.25, 0.3) is 0 Å². The molecule has 0 amide bonds. The smallest absolute Gasteiger partial charge is 0.145 e. The summed E-state index contributed by atoms with van der Waals surface area (Å²) in [4.78, 5) is 4.58. The van der Waals surface area contributed by atoms with E-state index in [1.54, 1.807) is 7.11 Å². The van der Waals surface area contributed by atoms with Crippen LogP contribution in [-0.4, -0.2) is 12.1 Å². The molecule has 1 aromatic heterocycles. The van der Waals surface area contributed by atoms with Crippen molar-refractivity contribution in [3.63, 3.8) is 0 Å². The molecule has 0 unspecified atom stereocenters. The van der Waals surface area contributed by atoms with Gasteiger partial charge in [0.2, 0.25) is 0 Å². The quantitative estimate of drug-likeness (QED) is 0.743. The Morgan fingerprint density at radius 3 is 2.57 bits per heavy atom. The van der Waals surface area contributed by atoms with Crippen LogP contribution in [0.3, 0.4) is 0 Å². The Labute approximate surface area is 128 Å². The molecule has 2 aromatic carbocycles. The Kier molecular flexibility index (Phi) is 3.67. The molecule has 0 atom stereocenters. The van der Waals surface area contributed by atoms with E-state index in [1.807, 2.05) is 55.5 Å². The van der Waals surface area contributed by atoms with Crippen molar-refractivity contribution in [1.82, 2.24) is 4.98 Å². The Morgan fingerprint density at radius 2 is 1.86 bits per heavy atom. The van der Waals surface area contributed by atoms with Gasteiger partial charge in [-0.3, -0.25) is 0 Å². The number of nitrogens with zero attached hydrogens (tertiary/aromatic N) is 1. The highest BCUT2D eigenvalue weighted by Crippen LogP contribution is 2.31. The molecule has 0 fully saturated rings. The van der Waals surface area contributed by atoms with Crippen molar-refractivity contribution in [3.8, 4) is 5.75 Å². The topological polar surface area (TPSA) is 34.1 Å². The van der Waals surface area contributed by atoms with Crippen LogP contribution in [0.2, 0.25) is 5.02 Å². The predicted octanol–water partition coefficient (Wildman–Crippen LogP) is 4.95. The lowest BCUT2D eigenvalue weighted by Crippen LogP contribution is -1.96. The standard InChI is InChI=1S/C17H15ClN2O/c1-11-10-15(20-13-8-6-12(18)7-9-13)14-4-3-5-16(21-2)17(14)19-11/h3-10H,1-2H3,(H,19,20). The van der Waals surface area contributed by atoms with E-state index in [2.05, 4.69) is 10.3 Å². The second kappa shape index (κ2) is 5.62. The summed E-state index contributed by atoms with van der Waals surface area (Å²) in [6.07, 6.45) is 0. The van der Waals surface area contributed by atoms with Gasteiger partial charge in [0.1, 0.15) is 11.3 Å². The molecule has 0 bridgehead atoms. The lowest BCUT2D eigenvalue weighted by atomic mass is 10.1. The third kappa shape index (κ3) is 2.78. The highest BCUT2D eigenvalue weighted by molar-refractivity contribution is 6.30. The number of rotatable bonds is 3. The van der Waals surface area contributed by atoms with Gasteiger partial charge in [0.05, 0.1) is 7.11 Å². The van der Waals surface area contributed by atoms with E-state index in [0.29, 0.717) is 0 Å². The zero-order valence-corrected chi connectivity index (χ0v) is 12.6. The van der Waals surface area contributed by atoms with Crippen molar-refractivity contribution >= 4 is 33.9 Å². The van der Waals surface area contributed by atoms with Crippen molar-refractivity contribution in [1.29, 1.82) is 0 Å². The SMILES string of the molecule is COc1cccc2c(Nc3ccc(Cl)cc3)cc(C)nc12. The van der Waals surface area contributed by atoms with E-state index in [1.165, 1.54) is 0 Å². The fraction of sp³-hybridized carbons (Fsp3) is 0.118. The summed E-state index contributed by atoms with van der Waals surface area (Å²) in [6, 6.07) is 15.6. The van der Waals surface area contributed by atoms with Crippen LogP contribution in [0.4, 0.5) is 11.4 Å². The van der Waals surface area contributed by atoms with Gasteiger partial charge >= 0.3 is 0 Å². The molecule has 3 nitrogen and oxygen atoms in total. The van der Waals surface area contributed by atoms with Crippen LogP contribution in [0.15, 0.2) is 48.5 Å². The van der Waals surface area contributed by atoms with Gasteiger partial charge in [-0.15, -0.1) is 0 Å². The molecule has 3 rings (SSSR count). The van der Waals surface area contributed by atoms with Crippen LogP contribution in [0.5, 0.6) is 5.75 Å².